The largest absolute Gasteiger partial charge is 0.232 e. The molecule has 0 aliphatic heterocycles. The van der Waals surface area contributed by atoms with E-state index < -0.39 is 0 Å². The number of hydrogen-bond acceptors (Lipinski definition) is 3. The fourth-order valence-electron chi connectivity index (χ4n) is 1.83. The zero-order chi connectivity index (χ0) is 13.8. The predicted molar refractivity (Wildman–Crippen MR) is 70.9 cm³/mol. The molecule has 96 valence electrons. The van der Waals surface area contributed by atoms with Gasteiger partial charge in [0.2, 0.25) is 5.82 Å². The molecule has 0 amide bonds. The minimum atomic E-state index is -0.272. The fourth-order valence-corrected chi connectivity index (χ4v) is 1.83. The van der Waals surface area contributed by atoms with E-state index >= 15 is 0 Å². The average molecular weight is 255 g/mol. The standard InChI is InChI=1S/C15H14FN3/c1-3-4-12-8-14(19-15(9-17)18-12)11-6-5-10(2)13(16)7-11/h5-8H,3-4H2,1-2H3. The Morgan fingerprint density at radius 3 is 2.68 bits per heavy atom. The number of nitriles is 1. The predicted octanol–water partition coefficient (Wildman–Crippen LogP) is 3.42. The molecule has 0 bridgehead atoms. The van der Waals surface area contributed by atoms with Gasteiger partial charge >= 0.3 is 0 Å². The highest BCUT2D eigenvalue weighted by Gasteiger charge is 2.08. The van der Waals surface area contributed by atoms with E-state index in [-0.39, 0.29) is 11.6 Å². The Balaban J connectivity index is 2.51. The van der Waals surface area contributed by atoms with Gasteiger partial charge in [-0.15, -0.1) is 0 Å². The highest BCUT2D eigenvalue weighted by atomic mass is 19.1. The Hall–Kier alpha value is -2.28. The van der Waals surface area contributed by atoms with E-state index in [2.05, 4.69) is 9.97 Å². The van der Waals surface area contributed by atoms with Gasteiger partial charge in [-0.2, -0.15) is 5.26 Å². The maximum absolute atomic E-state index is 13.6. The molecule has 0 unspecified atom stereocenters. The molecule has 0 aliphatic carbocycles. The number of halogens is 1. The monoisotopic (exact) mass is 255 g/mol. The van der Waals surface area contributed by atoms with E-state index in [0.29, 0.717) is 16.8 Å². The van der Waals surface area contributed by atoms with Crippen molar-refractivity contribution in [2.45, 2.75) is 26.7 Å². The lowest BCUT2D eigenvalue weighted by Gasteiger charge is -2.05. The summed E-state index contributed by atoms with van der Waals surface area (Å²) in [7, 11) is 0. The van der Waals surface area contributed by atoms with E-state index in [1.165, 1.54) is 6.07 Å². The lowest BCUT2D eigenvalue weighted by atomic mass is 10.1. The first kappa shape index (κ1) is 13.2. The molecule has 2 aromatic rings. The van der Waals surface area contributed by atoms with E-state index in [1.807, 2.05) is 19.1 Å². The lowest BCUT2D eigenvalue weighted by molar-refractivity contribution is 0.619. The molecule has 3 nitrogen and oxygen atoms in total. The zero-order valence-electron chi connectivity index (χ0n) is 10.9. The van der Waals surface area contributed by atoms with Gasteiger partial charge in [0, 0.05) is 11.3 Å². The number of rotatable bonds is 3. The summed E-state index contributed by atoms with van der Waals surface area (Å²) in [5.41, 5.74) is 2.66. The van der Waals surface area contributed by atoms with Gasteiger partial charge in [-0.05, 0) is 31.0 Å². The highest BCUT2D eigenvalue weighted by molar-refractivity contribution is 5.60. The molecular weight excluding hydrogens is 241 g/mol. The van der Waals surface area contributed by atoms with E-state index in [1.54, 1.807) is 19.1 Å². The molecule has 2 rings (SSSR count). The molecule has 1 aromatic carbocycles. The maximum atomic E-state index is 13.6. The summed E-state index contributed by atoms with van der Waals surface area (Å²) in [6.07, 6.45) is 1.71. The van der Waals surface area contributed by atoms with Crippen LogP contribution in [0.2, 0.25) is 0 Å². The van der Waals surface area contributed by atoms with Gasteiger partial charge < -0.3 is 0 Å². The van der Waals surface area contributed by atoms with E-state index in [4.69, 9.17) is 5.26 Å². The normalized spacial score (nSPS) is 10.2. The van der Waals surface area contributed by atoms with E-state index in [0.717, 1.165) is 18.5 Å². The van der Waals surface area contributed by atoms with Crippen LogP contribution in [-0.2, 0) is 6.42 Å². The van der Waals surface area contributed by atoms with Crippen molar-refractivity contribution in [2.24, 2.45) is 0 Å². The molecule has 0 radical (unpaired) electrons. The van der Waals surface area contributed by atoms with Crippen LogP contribution in [0.15, 0.2) is 24.3 Å². The molecule has 0 fully saturated rings. The van der Waals surface area contributed by atoms with Crippen LogP contribution in [0.1, 0.15) is 30.4 Å². The lowest BCUT2D eigenvalue weighted by Crippen LogP contribution is -1.98. The molecule has 1 aromatic heterocycles. The number of hydrogen-bond donors (Lipinski definition) is 0. The van der Waals surface area contributed by atoms with Gasteiger partial charge in [0.1, 0.15) is 11.9 Å². The number of aryl methyl sites for hydroxylation is 2. The van der Waals surface area contributed by atoms with Gasteiger partial charge in [0.05, 0.1) is 5.69 Å². The van der Waals surface area contributed by atoms with Crippen LogP contribution in [-0.4, -0.2) is 9.97 Å². The summed E-state index contributed by atoms with van der Waals surface area (Å²) in [5.74, 6) is -0.145. The average Bonchev–Trinajstić information content (AvgIpc) is 2.42. The second-order valence-electron chi connectivity index (χ2n) is 4.39. The zero-order valence-corrected chi connectivity index (χ0v) is 10.9. The molecule has 0 aliphatic rings. The van der Waals surface area contributed by atoms with Crippen LogP contribution in [0.3, 0.4) is 0 Å². The quantitative estimate of drug-likeness (QED) is 0.844. The number of aromatic nitrogens is 2. The summed E-state index contributed by atoms with van der Waals surface area (Å²) in [5, 5.41) is 8.95. The molecular formula is C15H14FN3. The molecule has 1 heterocycles. The number of nitrogens with zero attached hydrogens (tertiary/aromatic N) is 3. The van der Waals surface area contributed by atoms with Crippen LogP contribution in [0, 0.1) is 24.1 Å². The van der Waals surface area contributed by atoms with Gasteiger partial charge in [0.15, 0.2) is 0 Å². The molecule has 0 atom stereocenters. The third-order valence-corrected chi connectivity index (χ3v) is 2.85. The van der Waals surface area contributed by atoms with Crippen LogP contribution < -0.4 is 0 Å². The van der Waals surface area contributed by atoms with Crippen molar-refractivity contribution in [3.63, 3.8) is 0 Å². The summed E-state index contributed by atoms with van der Waals surface area (Å²) < 4.78 is 13.6. The minimum absolute atomic E-state index is 0.127. The van der Waals surface area contributed by atoms with Crippen molar-refractivity contribution in [3.8, 4) is 17.3 Å². The molecule has 0 N–H and O–H groups in total. The third-order valence-electron chi connectivity index (χ3n) is 2.85. The second-order valence-corrected chi connectivity index (χ2v) is 4.39. The first-order chi connectivity index (χ1) is 9.13. The van der Waals surface area contributed by atoms with Crippen LogP contribution in [0.4, 0.5) is 4.39 Å². The Labute approximate surface area is 111 Å². The van der Waals surface area contributed by atoms with Gasteiger partial charge in [-0.3, -0.25) is 0 Å². The minimum Gasteiger partial charge on any atom is -0.224 e. The summed E-state index contributed by atoms with van der Waals surface area (Å²) in [6.45, 7) is 3.75. The maximum Gasteiger partial charge on any atom is 0.232 e. The van der Waals surface area contributed by atoms with E-state index in [9.17, 15) is 4.39 Å². The first-order valence-electron chi connectivity index (χ1n) is 6.18. The van der Waals surface area contributed by atoms with Crippen molar-refractivity contribution in [2.75, 3.05) is 0 Å². The highest BCUT2D eigenvalue weighted by Crippen LogP contribution is 2.21. The molecule has 4 heteroatoms. The van der Waals surface area contributed by atoms with Crippen molar-refractivity contribution < 1.29 is 4.39 Å². The molecule has 0 saturated carbocycles. The van der Waals surface area contributed by atoms with Gasteiger partial charge in [-0.25, -0.2) is 14.4 Å². The smallest absolute Gasteiger partial charge is 0.224 e. The summed E-state index contributed by atoms with van der Waals surface area (Å²) >= 11 is 0. The van der Waals surface area contributed by atoms with Gasteiger partial charge in [0.25, 0.3) is 0 Å². The summed E-state index contributed by atoms with van der Waals surface area (Å²) in [6, 6.07) is 8.71. The Kier molecular flexibility index (Phi) is 3.86. The Morgan fingerprint density at radius 1 is 1.26 bits per heavy atom. The number of benzene rings is 1. The molecule has 0 saturated heterocycles. The molecule has 0 spiro atoms. The van der Waals surface area contributed by atoms with Crippen molar-refractivity contribution >= 4 is 0 Å². The SMILES string of the molecule is CCCc1cc(-c2ccc(C)c(F)c2)nc(C#N)n1. The fraction of sp³-hybridized carbons (Fsp3) is 0.267. The Bertz CT molecular complexity index is 644. The van der Waals surface area contributed by atoms with Crippen LogP contribution >= 0.6 is 0 Å². The van der Waals surface area contributed by atoms with Gasteiger partial charge in [-0.1, -0.05) is 25.5 Å². The molecule has 19 heavy (non-hydrogen) atoms. The van der Waals surface area contributed by atoms with Crippen molar-refractivity contribution in [1.82, 2.24) is 9.97 Å². The van der Waals surface area contributed by atoms with Crippen molar-refractivity contribution in [3.05, 3.63) is 47.2 Å². The first-order valence-corrected chi connectivity index (χ1v) is 6.18. The van der Waals surface area contributed by atoms with Crippen LogP contribution in [0.5, 0.6) is 0 Å². The van der Waals surface area contributed by atoms with Crippen molar-refractivity contribution in [1.29, 1.82) is 5.26 Å². The Morgan fingerprint density at radius 2 is 2.05 bits per heavy atom. The van der Waals surface area contributed by atoms with Crippen LogP contribution in [0.25, 0.3) is 11.3 Å². The third kappa shape index (κ3) is 2.94. The topological polar surface area (TPSA) is 49.6 Å². The summed E-state index contributed by atoms with van der Waals surface area (Å²) in [4.78, 5) is 8.28. The second kappa shape index (κ2) is 5.57.